The normalized spacial score (nSPS) is 26.2. The van der Waals surface area contributed by atoms with Gasteiger partial charge in [0.25, 0.3) is 0 Å². The zero-order valence-electron chi connectivity index (χ0n) is 14.3. The van der Waals surface area contributed by atoms with E-state index in [-0.39, 0.29) is 0 Å². The summed E-state index contributed by atoms with van der Waals surface area (Å²) in [4.78, 5) is 19.6. The van der Waals surface area contributed by atoms with Crippen molar-refractivity contribution in [2.75, 3.05) is 39.9 Å². The number of carbonyl (C=O) groups is 1. The van der Waals surface area contributed by atoms with Gasteiger partial charge in [0.1, 0.15) is 0 Å². The molecule has 1 aromatic heterocycles. The lowest BCUT2D eigenvalue weighted by atomic mass is 9.73. The third-order valence-corrected chi connectivity index (χ3v) is 6.21. The molecule has 0 saturated carbocycles. The Labute approximate surface area is 143 Å². The number of hydrogen-bond acceptors (Lipinski definition) is 4. The quantitative estimate of drug-likeness (QED) is 0.829. The van der Waals surface area contributed by atoms with Crippen LogP contribution in [-0.2, 0) is 16.1 Å². The van der Waals surface area contributed by atoms with Crippen LogP contribution in [0, 0.1) is 12.3 Å². The Morgan fingerprint density at radius 2 is 2.17 bits per heavy atom. The summed E-state index contributed by atoms with van der Waals surface area (Å²) < 4.78 is 5.17. The number of nitrogens with zero attached hydrogens (tertiary/aromatic N) is 2. The summed E-state index contributed by atoms with van der Waals surface area (Å²) in [6.45, 7) is 7.83. The van der Waals surface area contributed by atoms with E-state index in [9.17, 15) is 4.79 Å². The lowest BCUT2D eigenvalue weighted by Crippen LogP contribution is -2.54. The first-order chi connectivity index (χ1) is 11.1. The van der Waals surface area contributed by atoms with Gasteiger partial charge in [-0.1, -0.05) is 0 Å². The molecular formula is C18H28N2O2S. The standard InChI is InChI=1S/C18H28N2O2S/c1-15-4-5-16(23-15)12-19-9-3-7-18(13-19)8-6-17(21)20(14-18)10-11-22-2/h4-5H,3,6-14H2,1-2H3. The summed E-state index contributed by atoms with van der Waals surface area (Å²) in [5, 5.41) is 0. The topological polar surface area (TPSA) is 32.8 Å². The van der Waals surface area contributed by atoms with Crippen LogP contribution in [0.1, 0.15) is 35.4 Å². The van der Waals surface area contributed by atoms with Crippen LogP contribution in [-0.4, -0.2) is 55.6 Å². The van der Waals surface area contributed by atoms with Gasteiger partial charge >= 0.3 is 0 Å². The zero-order valence-corrected chi connectivity index (χ0v) is 15.2. The molecule has 5 heteroatoms. The third kappa shape index (κ3) is 4.14. The van der Waals surface area contributed by atoms with E-state index in [0.29, 0.717) is 24.3 Å². The molecule has 1 spiro atoms. The first kappa shape index (κ1) is 16.9. The van der Waals surface area contributed by atoms with Gasteiger partial charge in [-0.15, -0.1) is 11.3 Å². The highest BCUT2D eigenvalue weighted by atomic mass is 32.1. The molecule has 2 saturated heterocycles. The maximum atomic E-state index is 12.2. The third-order valence-electron chi connectivity index (χ3n) is 5.23. The van der Waals surface area contributed by atoms with Crippen LogP contribution in [0.2, 0.25) is 0 Å². The van der Waals surface area contributed by atoms with Gasteiger partial charge in [0.2, 0.25) is 5.91 Å². The molecule has 23 heavy (non-hydrogen) atoms. The fraction of sp³-hybridized carbons (Fsp3) is 0.722. The van der Waals surface area contributed by atoms with E-state index in [2.05, 4.69) is 24.0 Å². The SMILES string of the molecule is COCCN1CC2(CCCN(Cc3ccc(C)s3)C2)CCC1=O. The van der Waals surface area contributed by atoms with E-state index >= 15 is 0 Å². The first-order valence-corrected chi connectivity index (χ1v) is 9.46. The maximum Gasteiger partial charge on any atom is 0.222 e. The Morgan fingerprint density at radius 1 is 1.30 bits per heavy atom. The Balaban J connectivity index is 1.63. The molecule has 3 rings (SSSR count). The second-order valence-corrected chi connectivity index (χ2v) is 8.51. The lowest BCUT2D eigenvalue weighted by Gasteiger charge is -2.48. The van der Waals surface area contributed by atoms with Gasteiger partial charge in [0, 0.05) is 54.9 Å². The zero-order chi connectivity index (χ0) is 16.3. The van der Waals surface area contributed by atoms with Gasteiger partial charge in [-0.2, -0.15) is 0 Å². The molecule has 1 aromatic rings. The van der Waals surface area contributed by atoms with Crippen LogP contribution in [0.5, 0.6) is 0 Å². The molecule has 1 amide bonds. The van der Waals surface area contributed by atoms with Crippen molar-refractivity contribution in [1.29, 1.82) is 0 Å². The molecule has 1 atom stereocenters. The molecule has 0 radical (unpaired) electrons. The molecular weight excluding hydrogens is 308 g/mol. The number of carbonyl (C=O) groups excluding carboxylic acids is 1. The minimum atomic E-state index is 0.298. The Kier molecular flexibility index (Phi) is 5.39. The van der Waals surface area contributed by atoms with Crippen LogP contribution in [0.4, 0.5) is 0 Å². The van der Waals surface area contributed by atoms with Crippen LogP contribution in [0.15, 0.2) is 12.1 Å². The van der Waals surface area contributed by atoms with Gasteiger partial charge in [0.15, 0.2) is 0 Å². The molecule has 4 nitrogen and oxygen atoms in total. The molecule has 1 unspecified atom stereocenters. The number of ether oxygens (including phenoxy) is 1. The molecule has 3 heterocycles. The average molecular weight is 337 g/mol. The van der Waals surface area contributed by atoms with Crippen molar-refractivity contribution in [3.63, 3.8) is 0 Å². The summed E-state index contributed by atoms with van der Waals surface area (Å²) in [7, 11) is 1.70. The number of aryl methyl sites for hydroxylation is 1. The highest BCUT2D eigenvalue weighted by molar-refractivity contribution is 7.11. The fourth-order valence-corrected chi connectivity index (χ4v) is 5.01. The van der Waals surface area contributed by atoms with E-state index in [1.165, 1.54) is 29.1 Å². The van der Waals surface area contributed by atoms with Crippen molar-refractivity contribution >= 4 is 17.2 Å². The summed E-state index contributed by atoms with van der Waals surface area (Å²) in [5.74, 6) is 0.304. The number of piperidine rings is 2. The second-order valence-electron chi connectivity index (χ2n) is 7.13. The number of methoxy groups -OCH3 is 1. The fourth-order valence-electron chi connectivity index (χ4n) is 4.08. The predicted molar refractivity (Wildman–Crippen MR) is 93.7 cm³/mol. The molecule has 128 valence electrons. The van der Waals surface area contributed by atoms with Crippen molar-refractivity contribution < 1.29 is 9.53 Å². The van der Waals surface area contributed by atoms with Crippen molar-refractivity contribution in [3.05, 3.63) is 21.9 Å². The number of hydrogen-bond donors (Lipinski definition) is 0. The highest BCUT2D eigenvalue weighted by Crippen LogP contribution is 2.39. The summed E-state index contributed by atoms with van der Waals surface area (Å²) in [6.07, 6.45) is 4.26. The molecule has 2 aliphatic rings. The minimum Gasteiger partial charge on any atom is -0.383 e. The molecule has 2 fully saturated rings. The lowest BCUT2D eigenvalue weighted by molar-refractivity contribution is -0.140. The monoisotopic (exact) mass is 336 g/mol. The number of likely N-dealkylation sites (tertiary alicyclic amines) is 2. The van der Waals surface area contributed by atoms with Crippen molar-refractivity contribution in [2.24, 2.45) is 5.41 Å². The van der Waals surface area contributed by atoms with Gasteiger partial charge in [-0.05, 0) is 44.9 Å². The van der Waals surface area contributed by atoms with Crippen molar-refractivity contribution in [1.82, 2.24) is 9.80 Å². The van der Waals surface area contributed by atoms with E-state index < -0.39 is 0 Å². The molecule has 0 N–H and O–H groups in total. The van der Waals surface area contributed by atoms with Crippen molar-refractivity contribution in [3.8, 4) is 0 Å². The molecule has 0 aliphatic carbocycles. The summed E-state index contributed by atoms with van der Waals surface area (Å²) >= 11 is 1.91. The van der Waals surface area contributed by atoms with E-state index in [4.69, 9.17) is 4.74 Å². The van der Waals surface area contributed by atoms with Crippen LogP contribution >= 0.6 is 11.3 Å². The van der Waals surface area contributed by atoms with Crippen LogP contribution in [0.3, 0.4) is 0 Å². The summed E-state index contributed by atoms with van der Waals surface area (Å²) in [5.41, 5.74) is 0.298. The number of amides is 1. The van der Waals surface area contributed by atoms with Gasteiger partial charge in [0.05, 0.1) is 6.61 Å². The molecule has 0 bridgehead atoms. The second kappa shape index (κ2) is 7.32. The Bertz CT molecular complexity index is 545. The largest absolute Gasteiger partial charge is 0.383 e. The van der Waals surface area contributed by atoms with E-state index in [1.807, 2.05) is 16.2 Å². The number of rotatable bonds is 5. The summed E-state index contributed by atoms with van der Waals surface area (Å²) in [6, 6.07) is 4.47. The first-order valence-electron chi connectivity index (χ1n) is 8.65. The van der Waals surface area contributed by atoms with Crippen molar-refractivity contribution in [2.45, 2.75) is 39.2 Å². The Hall–Kier alpha value is -0.910. The van der Waals surface area contributed by atoms with E-state index in [1.54, 1.807) is 7.11 Å². The van der Waals surface area contributed by atoms with Crippen LogP contribution in [0.25, 0.3) is 0 Å². The van der Waals surface area contributed by atoms with Gasteiger partial charge in [-0.3, -0.25) is 9.69 Å². The average Bonchev–Trinajstić information content (AvgIpc) is 2.94. The number of thiophene rings is 1. The highest BCUT2D eigenvalue weighted by Gasteiger charge is 2.41. The Morgan fingerprint density at radius 3 is 2.91 bits per heavy atom. The predicted octanol–water partition coefficient (Wildman–Crippen LogP) is 2.91. The van der Waals surface area contributed by atoms with Gasteiger partial charge < -0.3 is 9.64 Å². The smallest absolute Gasteiger partial charge is 0.222 e. The molecule has 2 aliphatic heterocycles. The van der Waals surface area contributed by atoms with E-state index in [0.717, 1.165) is 32.6 Å². The minimum absolute atomic E-state index is 0.298. The molecule has 0 aromatic carbocycles. The van der Waals surface area contributed by atoms with Crippen LogP contribution < -0.4 is 0 Å². The maximum absolute atomic E-state index is 12.2. The van der Waals surface area contributed by atoms with Gasteiger partial charge in [-0.25, -0.2) is 0 Å².